The number of aryl methyl sites for hydroxylation is 3. The molecule has 0 spiro atoms. The molecule has 0 aliphatic rings. The van der Waals surface area contributed by atoms with Crippen LogP contribution in [-0.2, 0) is 55.2 Å². The molecule has 0 unspecified atom stereocenters. The van der Waals surface area contributed by atoms with Crippen LogP contribution in [0.3, 0.4) is 0 Å². The Balaban J connectivity index is 1.22. The van der Waals surface area contributed by atoms with Gasteiger partial charge in [0, 0.05) is 0 Å². The lowest BCUT2D eigenvalue weighted by Crippen LogP contribution is -2.40. The molecule has 8 nitrogen and oxygen atoms in total. The number of benzene rings is 6. The molecule has 0 bridgehead atoms. The Morgan fingerprint density at radius 3 is 1.53 bits per heavy atom. The fraction of sp³-hybridized carbons (Fsp3) is 0.220. The Hall–Kier alpha value is -6.35. The van der Waals surface area contributed by atoms with Gasteiger partial charge in [-0.15, -0.1) is 0 Å². The smallest absolute Gasteiger partial charge is 0.338 e. The number of hydrogen-bond acceptors (Lipinski definition) is 8. The fourth-order valence-corrected chi connectivity index (χ4v) is 7.21. The maximum Gasteiger partial charge on any atom is 0.338 e. The van der Waals surface area contributed by atoms with Crippen molar-refractivity contribution in [2.24, 2.45) is 5.92 Å². The van der Waals surface area contributed by atoms with Gasteiger partial charge in [-0.05, 0) is 76.8 Å². The van der Waals surface area contributed by atoms with Gasteiger partial charge in [0.25, 0.3) is 0 Å². The molecule has 6 aromatic rings. The van der Waals surface area contributed by atoms with Gasteiger partial charge in [0.1, 0.15) is 18.1 Å². The molecule has 6 aromatic carbocycles. The Bertz CT molecular complexity index is 2140. The first kappa shape index (κ1) is 41.3. The molecule has 0 aliphatic carbocycles. The minimum absolute atomic E-state index is 0.0681. The van der Waals surface area contributed by atoms with Crippen molar-refractivity contribution in [1.82, 2.24) is 0 Å². The van der Waals surface area contributed by atoms with E-state index in [9.17, 15) is 19.5 Å². The van der Waals surface area contributed by atoms with Crippen LogP contribution in [0.5, 0.6) is 0 Å². The van der Waals surface area contributed by atoms with Crippen LogP contribution in [-0.4, -0.2) is 49.9 Å². The second-order valence-electron chi connectivity index (χ2n) is 14.1. The van der Waals surface area contributed by atoms with Gasteiger partial charge in [-0.25, -0.2) is 9.59 Å². The molecule has 1 N–H and O–H groups in total. The number of hydrogen-bond donors (Lipinski definition) is 1. The normalized spacial score (nSPS) is 12.3. The van der Waals surface area contributed by atoms with Crippen LogP contribution in [0.15, 0.2) is 164 Å². The van der Waals surface area contributed by atoms with Crippen molar-refractivity contribution in [3.05, 3.63) is 214 Å². The molecule has 0 saturated carbocycles. The number of rotatable bonds is 18. The van der Waals surface area contributed by atoms with Crippen molar-refractivity contribution in [2.75, 3.05) is 20.8 Å². The van der Waals surface area contributed by atoms with Crippen molar-refractivity contribution < 1.29 is 38.4 Å². The third kappa shape index (κ3) is 10.1. The topological polar surface area (TPSA) is 108 Å². The predicted molar refractivity (Wildman–Crippen MR) is 222 cm³/mol. The summed E-state index contributed by atoms with van der Waals surface area (Å²) in [5.74, 6) is -2.76. The highest BCUT2D eigenvalue weighted by Gasteiger charge is 2.40. The van der Waals surface area contributed by atoms with Gasteiger partial charge >= 0.3 is 17.9 Å². The number of aliphatic hydroxyl groups is 1. The molecule has 58 heavy (non-hydrogen) atoms. The maximum absolute atomic E-state index is 14.0. The van der Waals surface area contributed by atoms with E-state index in [2.05, 4.69) is 6.07 Å². The fourth-order valence-electron chi connectivity index (χ4n) is 7.21. The highest BCUT2D eigenvalue weighted by molar-refractivity contribution is 6.03. The van der Waals surface area contributed by atoms with E-state index in [0.717, 1.165) is 38.9 Å². The van der Waals surface area contributed by atoms with E-state index in [1.807, 2.05) is 140 Å². The number of ether oxygens (including phenoxy) is 4. The molecule has 296 valence electrons. The van der Waals surface area contributed by atoms with Crippen LogP contribution >= 0.6 is 0 Å². The average molecular weight is 777 g/mol. The molecule has 0 amide bonds. The summed E-state index contributed by atoms with van der Waals surface area (Å²) in [6.45, 7) is -0.0471. The Labute approximate surface area is 340 Å². The Kier molecular flexibility index (Phi) is 14.4. The second-order valence-corrected chi connectivity index (χ2v) is 14.1. The minimum Gasteiger partial charge on any atom is -0.465 e. The summed E-state index contributed by atoms with van der Waals surface area (Å²) in [5, 5.41) is 11.9. The molecule has 0 aliphatic heterocycles. The summed E-state index contributed by atoms with van der Waals surface area (Å²) >= 11 is 0. The SMILES string of the molecule is COC(=O)c1ccc(CCc2cccc(CC[C@@H](O)[C@@H](COC(c3ccccc3)(c3ccccc3)c3ccccc3)C(=O)OCc3ccccc3)c2)cc1C(=O)OC. The Morgan fingerprint density at radius 1 is 0.534 bits per heavy atom. The quantitative estimate of drug-likeness (QED) is 0.0525. The van der Waals surface area contributed by atoms with Gasteiger partial charge in [-0.3, -0.25) is 4.79 Å². The van der Waals surface area contributed by atoms with Crippen LogP contribution in [0.2, 0.25) is 0 Å². The van der Waals surface area contributed by atoms with E-state index in [1.54, 1.807) is 18.2 Å². The lowest BCUT2D eigenvalue weighted by Gasteiger charge is -2.37. The summed E-state index contributed by atoms with van der Waals surface area (Å²) in [4.78, 5) is 38.7. The molecular formula is C50H48O8. The molecule has 6 rings (SSSR count). The highest BCUT2D eigenvalue weighted by Crippen LogP contribution is 2.41. The van der Waals surface area contributed by atoms with Crippen molar-refractivity contribution in [2.45, 2.75) is 44.0 Å². The van der Waals surface area contributed by atoms with Crippen molar-refractivity contribution in [3.8, 4) is 0 Å². The second kappa shape index (κ2) is 20.2. The van der Waals surface area contributed by atoms with E-state index in [0.29, 0.717) is 19.3 Å². The van der Waals surface area contributed by atoms with Gasteiger partial charge in [-0.1, -0.05) is 152 Å². The van der Waals surface area contributed by atoms with E-state index in [-0.39, 0.29) is 30.8 Å². The number of carbonyl (C=O) groups excluding carboxylic acids is 3. The van der Waals surface area contributed by atoms with Crippen molar-refractivity contribution in [1.29, 1.82) is 0 Å². The molecule has 8 heteroatoms. The zero-order valence-corrected chi connectivity index (χ0v) is 32.8. The van der Waals surface area contributed by atoms with Gasteiger partial charge < -0.3 is 24.1 Å². The van der Waals surface area contributed by atoms with Crippen LogP contribution < -0.4 is 0 Å². The zero-order valence-electron chi connectivity index (χ0n) is 32.8. The van der Waals surface area contributed by atoms with Gasteiger partial charge in [0.05, 0.1) is 38.1 Å². The van der Waals surface area contributed by atoms with Crippen LogP contribution in [0.1, 0.15) is 66.1 Å². The number of esters is 3. The number of methoxy groups -OCH3 is 2. The summed E-state index contributed by atoms with van der Waals surface area (Å²) in [6.07, 6.45) is 0.966. The van der Waals surface area contributed by atoms with E-state index >= 15 is 0 Å². The molecule has 0 heterocycles. The average Bonchev–Trinajstić information content (AvgIpc) is 3.29. The largest absolute Gasteiger partial charge is 0.465 e. The monoisotopic (exact) mass is 776 g/mol. The molecule has 0 radical (unpaired) electrons. The molecule has 0 saturated heterocycles. The van der Waals surface area contributed by atoms with E-state index < -0.39 is 35.5 Å². The lowest BCUT2D eigenvalue weighted by molar-refractivity contribution is -0.159. The third-order valence-corrected chi connectivity index (χ3v) is 10.3. The van der Waals surface area contributed by atoms with E-state index in [4.69, 9.17) is 18.9 Å². The first-order valence-corrected chi connectivity index (χ1v) is 19.4. The lowest BCUT2D eigenvalue weighted by atomic mass is 9.80. The summed E-state index contributed by atoms with van der Waals surface area (Å²) in [5.41, 5.74) is 5.64. The molecule has 0 fully saturated rings. The minimum atomic E-state index is -1.09. The number of carbonyl (C=O) groups is 3. The van der Waals surface area contributed by atoms with Gasteiger partial charge in [0.2, 0.25) is 0 Å². The highest BCUT2D eigenvalue weighted by atomic mass is 16.5. The molecule has 2 atom stereocenters. The van der Waals surface area contributed by atoms with Crippen LogP contribution in [0, 0.1) is 5.92 Å². The van der Waals surface area contributed by atoms with Crippen molar-refractivity contribution in [3.63, 3.8) is 0 Å². The van der Waals surface area contributed by atoms with Crippen LogP contribution in [0.4, 0.5) is 0 Å². The summed E-state index contributed by atoms with van der Waals surface area (Å²) in [7, 11) is 2.54. The standard InChI is InChI=1S/C50H48O8/c1-55-47(52)43-30-28-38(33-44(43)48(53)56-2)27-26-36-18-15-19-37(32-36)29-31-46(51)45(49(54)57-34-39-16-7-3-8-17-39)35-58-50(40-20-9-4-10-21-40,41-22-11-5-12-23-41)42-24-13-6-14-25-42/h3-25,28,30,32-33,45-46,51H,26-27,29,31,34-35H2,1-2H3/t45-,46-/m1/s1. The first-order valence-electron chi connectivity index (χ1n) is 19.4. The van der Waals surface area contributed by atoms with Crippen LogP contribution in [0.25, 0.3) is 0 Å². The molecular weight excluding hydrogens is 729 g/mol. The Morgan fingerprint density at radius 2 is 1.00 bits per heavy atom. The molecule has 0 aromatic heterocycles. The summed E-state index contributed by atoms with van der Waals surface area (Å²) < 4.78 is 22.6. The van der Waals surface area contributed by atoms with Crippen molar-refractivity contribution >= 4 is 17.9 Å². The zero-order chi connectivity index (χ0) is 40.7. The maximum atomic E-state index is 14.0. The predicted octanol–water partition coefficient (Wildman–Crippen LogP) is 8.71. The van der Waals surface area contributed by atoms with Gasteiger partial charge in [0.15, 0.2) is 0 Å². The van der Waals surface area contributed by atoms with Gasteiger partial charge in [-0.2, -0.15) is 0 Å². The first-order chi connectivity index (χ1) is 28.3. The van der Waals surface area contributed by atoms with E-state index in [1.165, 1.54) is 14.2 Å². The number of aliphatic hydroxyl groups excluding tert-OH is 1. The summed E-state index contributed by atoms with van der Waals surface area (Å²) in [6, 6.07) is 52.4. The third-order valence-electron chi connectivity index (χ3n) is 10.3.